The Labute approximate surface area is 144 Å². The van der Waals surface area contributed by atoms with Crippen LogP contribution in [0.1, 0.15) is 12.8 Å². The Kier molecular flexibility index (Phi) is 6.45. The third kappa shape index (κ3) is 4.61. The summed E-state index contributed by atoms with van der Waals surface area (Å²) in [6, 6.07) is 7.34. The van der Waals surface area contributed by atoms with E-state index in [1.54, 1.807) is 20.3 Å². The Morgan fingerprint density at radius 3 is 2.33 bits per heavy atom. The molecule has 0 unspecified atom stereocenters. The highest BCUT2D eigenvalue weighted by Gasteiger charge is 2.36. The second kappa shape index (κ2) is 8.35. The normalized spacial score (nSPS) is 17.0. The Morgan fingerprint density at radius 1 is 1.17 bits per heavy atom. The summed E-state index contributed by atoms with van der Waals surface area (Å²) in [5.41, 5.74) is -0.163. The minimum Gasteiger partial charge on any atom is -0.493 e. The molecule has 0 N–H and O–H groups in total. The first-order chi connectivity index (χ1) is 11.5. The van der Waals surface area contributed by atoms with Crippen molar-refractivity contribution >= 4 is 5.91 Å². The van der Waals surface area contributed by atoms with Gasteiger partial charge in [-0.05, 0) is 39.1 Å². The van der Waals surface area contributed by atoms with E-state index in [-0.39, 0.29) is 18.1 Å². The molecule has 6 nitrogen and oxygen atoms in total. The molecule has 1 aromatic rings. The van der Waals surface area contributed by atoms with Crippen LogP contribution in [0.2, 0.25) is 0 Å². The fraction of sp³-hybridized carbons (Fsp3) is 0.611. The molecule has 1 aliphatic rings. The summed E-state index contributed by atoms with van der Waals surface area (Å²) in [5, 5.41) is 0. The van der Waals surface area contributed by atoms with E-state index in [4.69, 9.17) is 14.2 Å². The highest BCUT2D eigenvalue weighted by atomic mass is 16.5. The SMILES string of the molecule is COc1ccccc1OCC(=O)N1CCC(CN(C)C)(OC)CC1. The van der Waals surface area contributed by atoms with Gasteiger partial charge in [-0.2, -0.15) is 0 Å². The lowest BCUT2D eigenvalue weighted by Gasteiger charge is -2.42. The number of nitrogens with zero attached hydrogens (tertiary/aromatic N) is 2. The zero-order valence-electron chi connectivity index (χ0n) is 15.1. The molecular formula is C18H28N2O4. The third-order valence-corrected chi connectivity index (χ3v) is 4.48. The fourth-order valence-electron chi connectivity index (χ4n) is 3.14. The van der Waals surface area contributed by atoms with Crippen LogP contribution < -0.4 is 9.47 Å². The van der Waals surface area contributed by atoms with E-state index in [2.05, 4.69) is 4.90 Å². The number of hydrogen-bond donors (Lipinski definition) is 0. The molecular weight excluding hydrogens is 308 g/mol. The Balaban J connectivity index is 1.86. The van der Waals surface area contributed by atoms with Crippen LogP contribution in [0.4, 0.5) is 0 Å². The highest BCUT2D eigenvalue weighted by Crippen LogP contribution is 2.28. The molecule has 1 aliphatic heterocycles. The minimum absolute atomic E-state index is 0.00420. The molecule has 0 radical (unpaired) electrons. The van der Waals surface area contributed by atoms with E-state index in [0.29, 0.717) is 24.6 Å². The van der Waals surface area contributed by atoms with Crippen molar-refractivity contribution in [2.75, 3.05) is 54.6 Å². The first-order valence-electron chi connectivity index (χ1n) is 8.23. The molecule has 1 aromatic carbocycles. The Bertz CT molecular complexity index is 540. The van der Waals surface area contributed by atoms with Crippen molar-refractivity contribution in [1.29, 1.82) is 0 Å². The lowest BCUT2D eigenvalue weighted by atomic mass is 9.90. The molecule has 2 rings (SSSR count). The summed E-state index contributed by atoms with van der Waals surface area (Å²) >= 11 is 0. The van der Waals surface area contributed by atoms with E-state index in [0.717, 1.165) is 19.4 Å². The largest absolute Gasteiger partial charge is 0.493 e. The smallest absolute Gasteiger partial charge is 0.260 e. The first-order valence-corrected chi connectivity index (χ1v) is 8.23. The maximum absolute atomic E-state index is 12.4. The number of benzene rings is 1. The van der Waals surface area contributed by atoms with Gasteiger partial charge >= 0.3 is 0 Å². The van der Waals surface area contributed by atoms with Crippen LogP contribution in [0.5, 0.6) is 11.5 Å². The van der Waals surface area contributed by atoms with Gasteiger partial charge in [0, 0.05) is 26.7 Å². The second-order valence-corrected chi connectivity index (χ2v) is 6.45. The zero-order chi connectivity index (χ0) is 17.6. The molecule has 0 aromatic heterocycles. The van der Waals surface area contributed by atoms with Crippen LogP contribution in [0.25, 0.3) is 0 Å². The fourth-order valence-corrected chi connectivity index (χ4v) is 3.14. The zero-order valence-corrected chi connectivity index (χ0v) is 15.1. The van der Waals surface area contributed by atoms with Crippen LogP contribution in [-0.4, -0.2) is 75.9 Å². The quantitative estimate of drug-likeness (QED) is 0.758. The number of likely N-dealkylation sites (N-methyl/N-ethyl adjacent to an activating group) is 1. The number of methoxy groups -OCH3 is 2. The van der Waals surface area contributed by atoms with Gasteiger partial charge in [0.1, 0.15) is 0 Å². The van der Waals surface area contributed by atoms with Gasteiger partial charge in [-0.15, -0.1) is 0 Å². The first kappa shape index (κ1) is 18.5. The average Bonchev–Trinajstić information content (AvgIpc) is 2.60. The molecule has 1 saturated heterocycles. The molecule has 1 heterocycles. The van der Waals surface area contributed by atoms with Gasteiger partial charge in [0.2, 0.25) is 0 Å². The van der Waals surface area contributed by atoms with Gasteiger partial charge in [0.15, 0.2) is 18.1 Å². The molecule has 0 bridgehead atoms. The molecule has 24 heavy (non-hydrogen) atoms. The number of hydrogen-bond acceptors (Lipinski definition) is 5. The van der Waals surface area contributed by atoms with Crippen LogP contribution in [0.15, 0.2) is 24.3 Å². The topological polar surface area (TPSA) is 51.2 Å². The number of piperidine rings is 1. The average molecular weight is 336 g/mol. The summed E-state index contributed by atoms with van der Waals surface area (Å²) in [7, 11) is 7.42. The molecule has 0 aliphatic carbocycles. The van der Waals surface area contributed by atoms with Crippen LogP contribution in [0, 0.1) is 0 Å². The monoisotopic (exact) mass is 336 g/mol. The molecule has 1 fully saturated rings. The number of amides is 1. The molecule has 0 atom stereocenters. The van der Waals surface area contributed by atoms with Crippen molar-refractivity contribution in [3.63, 3.8) is 0 Å². The van der Waals surface area contributed by atoms with Crippen LogP contribution in [0.3, 0.4) is 0 Å². The number of rotatable bonds is 7. The van der Waals surface area contributed by atoms with Gasteiger partial charge in [0.25, 0.3) is 5.91 Å². The minimum atomic E-state index is -0.163. The number of ether oxygens (including phenoxy) is 3. The second-order valence-electron chi connectivity index (χ2n) is 6.45. The number of carbonyl (C=O) groups excluding carboxylic acids is 1. The van der Waals surface area contributed by atoms with E-state index in [1.165, 1.54) is 0 Å². The van der Waals surface area contributed by atoms with Gasteiger partial charge < -0.3 is 24.0 Å². The number of para-hydroxylation sites is 2. The van der Waals surface area contributed by atoms with Crippen LogP contribution >= 0.6 is 0 Å². The van der Waals surface area contributed by atoms with Crippen molar-refractivity contribution in [2.24, 2.45) is 0 Å². The van der Waals surface area contributed by atoms with E-state index in [1.807, 2.05) is 37.2 Å². The lowest BCUT2D eigenvalue weighted by molar-refractivity contribution is -0.139. The standard InChI is InChI=1S/C18H28N2O4/c1-19(2)14-18(23-4)9-11-20(12-10-18)17(21)13-24-16-8-6-5-7-15(16)22-3/h5-8H,9-14H2,1-4H3. The van der Waals surface area contributed by atoms with E-state index >= 15 is 0 Å². The van der Waals surface area contributed by atoms with Crippen molar-refractivity contribution in [1.82, 2.24) is 9.80 Å². The van der Waals surface area contributed by atoms with Gasteiger partial charge in [-0.3, -0.25) is 4.79 Å². The van der Waals surface area contributed by atoms with Crippen molar-refractivity contribution in [2.45, 2.75) is 18.4 Å². The summed E-state index contributed by atoms with van der Waals surface area (Å²) in [5.74, 6) is 1.22. The van der Waals surface area contributed by atoms with Crippen LogP contribution in [-0.2, 0) is 9.53 Å². The Hall–Kier alpha value is -1.79. The third-order valence-electron chi connectivity index (χ3n) is 4.48. The molecule has 0 saturated carbocycles. The lowest BCUT2D eigenvalue weighted by Crippen LogP contribution is -2.52. The number of likely N-dealkylation sites (tertiary alicyclic amines) is 1. The predicted molar refractivity (Wildman–Crippen MR) is 92.6 cm³/mol. The molecule has 1 amide bonds. The maximum Gasteiger partial charge on any atom is 0.260 e. The Morgan fingerprint density at radius 2 is 1.79 bits per heavy atom. The summed E-state index contributed by atoms with van der Waals surface area (Å²) in [4.78, 5) is 16.4. The number of carbonyl (C=O) groups is 1. The summed E-state index contributed by atoms with van der Waals surface area (Å²) < 4.78 is 16.6. The summed E-state index contributed by atoms with van der Waals surface area (Å²) in [6.07, 6.45) is 1.67. The van der Waals surface area contributed by atoms with Crippen molar-refractivity contribution in [3.05, 3.63) is 24.3 Å². The maximum atomic E-state index is 12.4. The molecule has 134 valence electrons. The van der Waals surface area contributed by atoms with Crippen molar-refractivity contribution in [3.8, 4) is 11.5 Å². The molecule has 0 spiro atoms. The highest BCUT2D eigenvalue weighted by molar-refractivity contribution is 5.78. The van der Waals surface area contributed by atoms with Crippen molar-refractivity contribution < 1.29 is 19.0 Å². The van der Waals surface area contributed by atoms with E-state index < -0.39 is 0 Å². The van der Waals surface area contributed by atoms with Gasteiger partial charge in [-0.1, -0.05) is 12.1 Å². The van der Waals surface area contributed by atoms with Gasteiger partial charge in [0.05, 0.1) is 12.7 Å². The predicted octanol–water partition coefficient (Wildman–Crippen LogP) is 1.64. The van der Waals surface area contributed by atoms with E-state index in [9.17, 15) is 4.79 Å². The van der Waals surface area contributed by atoms with Gasteiger partial charge in [-0.25, -0.2) is 0 Å². The molecule has 6 heteroatoms. The summed E-state index contributed by atoms with van der Waals surface area (Å²) in [6.45, 7) is 2.27.